The molecule has 0 aliphatic heterocycles. The minimum absolute atomic E-state index is 0.0907. The van der Waals surface area contributed by atoms with Crippen LogP contribution >= 0.6 is 22.7 Å². The number of carbonyl (C=O) groups excluding carboxylic acids is 1. The van der Waals surface area contributed by atoms with Gasteiger partial charge < -0.3 is 9.88 Å². The van der Waals surface area contributed by atoms with Crippen LogP contribution in [0.4, 0.5) is 0 Å². The Morgan fingerprint density at radius 1 is 1.21 bits per heavy atom. The molecule has 4 nitrogen and oxygen atoms in total. The summed E-state index contributed by atoms with van der Waals surface area (Å²) in [6.45, 7) is 6.82. The highest BCUT2D eigenvalue weighted by atomic mass is 32.1. The molecule has 1 N–H and O–H groups in total. The molecule has 0 aliphatic rings. The molecule has 0 bridgehead atoms. The third-order valence-corrected chi connectivity index (χ3v) is 6.45. The Hall–Kier alpha value is -2.96. The highest BCUT2D eigenvalue weighted by molar-refractivity contribution is 7.13. The van der Waals surface area contributed by atoms with Crippen molar-refractivity contribution < 1.29 is 4.79 Å². The van der Waals surface area contributed by atoms with Crippen molar-refractivity contribution in [2.75, 3.05) is 6.54 Å². The third kappa shape index (κ3) is 4.09. The van der Waals surface area contributed by atoms with Crippen LogP contribution in [-0.4, -0.2) is 22.0 Å². The molecule has 29 heavy (non-hydrogen) atoms. The summed E-state index contributed by atoms with van der Waals surface area (Å²) < 4.78 is 2.18. The Morgan fingerprint density at radius 3 is 2.76 bits per heavy atom. The molecule has 0 aliphatic carbocycles. The predicted molar refractivity (Wildman–Crippen MR) is 122 cm³/mol. The molecule has 6 heteroatoms. The molecule has 146 valence electrons. The van der Waals surface area contributed by atoms with Crippen LogP contribution in [0.15, 0.2) is 71.9 Å². The van der Waals surface area contributed by atoms with Gasteiger partial charge in [0, 0.05) is 28.1 Å². The SMILES string of the molecule is C=CCNC(=O)c1cc(-c2csc(-c3ccccc3)n2)n(Cc2cccs2)c1C. The molecule has 4 rings (SSSR count). The molecule has 4 aromatic rings. The molecule has 0 spiro atoms. The lowest BCUT2D eigenvalue weighted by atomic mass is 10.2. The fourth-order valence-corrected chi connectivity index (χ4v) is 4.73. The van der Waals surface area contributed by atoms with Crippen molar-refractivity contribution in [3.8, 4) is 22.0 Å². The first-order chi connectivity index (χ1) is 14.2. The van der Waals surface area contributed by atoms with Crippen molar-refractivity contribution in [1.29, 1.82) is 0 Å². The van der Waals surface area contributed by atoms with E-state index in [1.165, 1.54) is 4.88 Å². The van der Waals surface area contributed by atoms with Crippen molar-refractivity contribution >= 4 is 28.6 Å². The summed E-state index contributed by atoms with van der Waals surface area (Å²) in [5.41, 5.74) is 4.55. The van der Waals surface area contributed by atoms with Crippen molar-refractivity contribution in [1.82, 2.24) is 14.9 Å². The van der Waals surface area contributed by atoms with Gasteiger partial charge in [0.2, 0.25) is 0 Å². The summed E-state index contributed by atoms with van der Waals surface area (Å²) in [6, 6.07) is 16.3. The zero-order chi connectivity index (χ0) is 20.2. The Bertz CT molecular complexity index is 1120. The number of hydrogen-bond donors (Lipinski definition) is 1. The van der Waals surface area contributed by atoms with Gasteiger partial charge in [0.05, 0.1) is 23.5 Å². The summed E-state index contributed by atoms with van der Waals surface area (Å²) >= 11 is 3.33. The second-order valence-electron chi connectivity index (χ2n) is 6.60. The number of hydrogen-bond acceptors (Lipinski definition) is 4. The summed E-state index contributed by atoms with van der Waals surface area (Å²) in [5.74, 6) is -0.0907. The van der Waals surface area contributed by atoms with Gasteiger partial charge in [-0.15, -0.1) is 29.3 Å². The number of nitrogens with one attached hydrogen (secondary N) is 1. The fourth-order valence-electron chi connectivity index (χ4n) is 3.21. The Kier molecular flexibility index (Phi) is 5.74. The van der Waals surface area contributed by atoms with Crippen LogP contribution < -0.4 is 5.32 Å². The van der Waals surface area contributed by atoms with Gasteiger partial charge in [-0.1, -0.05) is 42.5 Å². The summed E-state index contributed by atoms with van der Waals surface area (Å²) in [6.07, 6.45) is 1.68. The maximum absolute atomic E-state index is 12.7. The molecule has 1 amide bonds. The maximum atomic E-state index is 12.7. The van der Waals surface area contributed by atoms with Crippen LogP contribution in [-0.2, 0) is 6.54 Å². The number of carbonyl (C=O) groups is 1. The van der Waals surface area contributed by atoms with Gasteiger partial charge >= 0.3 is 0 Å². The van der Waals surface area contributed by atoms with Crippen LogP contribution in [0.2, 0.25) is 0 Å². The summed E-state index contributed by atoms with van der Waals surface area (Å²) in [4.78, 5) is 18.8. The average molecular weight is 420 g/mol. The van der Waals surface area contributed by atoms with Gasteiger partial charge in [-0.3, -0.25) is 4.79 Å². The molecule has 3 aromatic heterocycles. The zero-order valence-electron chi connectivity index (χ0n) is 16.1. The Balaban J connectivity index is 1.76. The van der Waals surface area contributed by atoms with Crippen molar-refractivity contribution in [2.45, 2.75) is 13.5 Å². The van der Waals surface area contributed by atoms with Gasteiger partial charge in [-0.05, 0) is 24.4 Å². The van der Waals surface area contributed by atoms with E-state index in [9.17, 15) is 4.79 Å². The Morgan fingerprint density at radius 2 is 2.03 bits per heavy atom. The molecule has 3 heterocycles. The second kappa shape index (κ2) is 8.59. The summed E-state index contributed by atoms with van der Waals surface area (Å²) in [7, 11) is 0. The second-order valence-corrected chi connectivity index (χ2v) is 8.49. The highest BCUT2D eigenvalue weighted by Crippen LogP contribution is 2.32. The number of nitrogens with zero attached hydrogens (tertiary/aromatic N) is 2. The van der Waals surface area contributed by atoms with Gasteiger partial charge in [-0.2, -0.15) is 0 Å². The zero-order valence-corrected chi connectivity index (χ0v) is 17.7. The van der Waals surface area contributed by atoms with Crippen LogP contribution in [0, 0.1) is 6.92 Å². The van der Waals surface area contributed by atoms with Gasteiger partial charge in [-0.25, -0.2) is 4.98 Å². The van der Waals surface area contributed by atoms with E-state index in [0.29, 0.717) is 18.7 Å². The first-order valence-corrected chi connectivity index (χ1v) is 11.1. The van der Waals surface area contributed by atoms with Crippen molar-refractivity contribution in [3.05, 3.63) is 88.1 Å². The quantitative estimate of drug-likeness (QED) is 0.396. The topological polar surface area (TPSA) is 46.9 Å². The number of aromatic nitrogens is 2. The third-order valence-electron chi connectivity index (χ3n) is 4.70. The van der Waals surface area contributed by atoms with E-state index in [2.05, 4.69) is 45.4 Å². The minimum atomic E-state index is -0.0907. The maximum Gasteiger partial charge on any atom is 0.253 e. The average Bonchev–Trinajstić information content (AvgIpc) is 3.49. The van der Waals surface area contributed by atoms with Gasteiger partial charge in [0.25, 0.3) is 5.91 Å². The van der Waals surface area contributed by atoms with Crippen LogP contribution in [0.25, 0.3) is 22.0 Å². The van der Waals surface area contributed by atoms with E-state index in [4.69, 9.17) is 4.98 Å². The first kappa shape index (κ1) is 19.4. The number of rotatable bonds is 7. The molecular formula is C23H21N3OS2. The standard InChI is InChI=1S/C23H21N3OS2/c1-3-11-24-22(27)19-13-21(26(16(19)2)14-18-10-7-12-28-18)20-15-29-23(25-20)17-8-5-4-6-9-17/h3-10,12-13,15H,1,11,14H2,2H3,(H,24,27). The number of thiophene rings is 1. The first-order valence-electron chi connectivity index (χ1n) is 9.30. The van der Waals surface area contributed by atoms with E-state index < -0.39 is 0 Å². The van der Waals surface area contributed by atoms with Gasteiger partial charge in [0.1, 0.15) is 5.01 Å². The molecule has 0 saturated heterocycles. The monoisotopic (exact) mass is 419 g/mol. The van der Waals surface area contributed by atoms with Crippen LogP contribution in [0.1, 0.15) is 20.9 Å². The van der Waals surface area contributed by atoms with E-state index >= 15 is 0 Å². The normalized spacial score (nSPS) is 10.8. The van der Waals surface area contributed by atoms with Crippen molar-refractivity contribution in [2.24, 2.45) is 0 Å². The van der Waals surface area contributed by atoms with E-state index in [1.807, 2.05) is 37.3 Å². The highest BCUT2D eigenvalue weighted by Gasteiger charge is 2.20. The Labute approximate surface area is 178 Å². The van der Waals surface area contributed by atoms with Crippen LogP contribution in [0.3, 0.4) is 0 Å². The lowest BCUT2D eigenvalue weighted by Gasteiger charge is -2.10. The number of thiazole rings is 1. The lowest BCUT2D eigenvalue weighted by Crippen LogP contribution is -2.23. The van der Waals surface area contributed by atoms with E-state index in [1.54, 1.807) is 28.7 Å². The van der Waals surface area contributed by atoms with E-state index in [-0.39, 0.29) is 5.91 Å². The molecule has 0 fully saturated rings. The predicted octanol–water partition coefficient (Wildman–Crippen LogP) is 5.61. The van der Waals surface area contributed by atoms with Crippen molar-refractivity contribution in [3.63, 3.8) is 0 Å². The van der Waals surface area contributed by atoms with Crippen LogP contribution in [0.5, 0.6) is 0 Å². The summed E-state index contributed by atoms with van der Waals surface area (Å²) in [5, 5.41) is 7.99. The number of benzene rings is 1. The molecule has 0 radical (unpaired) electrons. The van der Waals surface area contributed by atoms with E-state index in [0.717, 1.165) is 27.7 Å². The smallest absolute Gasteiger partial charge is 0.253 e. The molecule has 0 atom stereocenters. The molecule has 0 saturated carbocycles. The van der Waals surface area contributed by atoms with Gasteiger partial charge in [0.15, 0.2) is 0 Å². The molecule has 0 unspecified atom stereocenters. The lowest BCUT2D eigenvalue weighted by molar-refractivity contribution is 0.0957. The number of amides is 1. The minimum Gasteiger partial charge on any atom is -0.349 e. The largest absolute Gasteiger partial charge is 0.349 e. The molecular weight excluding hydrogens is 398 g/mol. The molecule has 1 aromatic carbocycles. The fraction of sp³-hybridized carbons (Fsp3) is 0.130.